The van der Waals surface area contributed by atoms with E-state index in [4.69, 9.17) is 15.0 Å². The van der Waals surface area contributed by atoms with Crippen LogP contribution in [0.15, 0.2) is 4.52 Å². The highest BCUT2D eigenvalue weighted by molar-refractivity contribution is 5.77. The van der Waals surface area contributed by atoms with Gasteiger partial charge < -0.3 is 15.0 Å². The van der Waals surface area contributed by atoms with Gasteiger partial charge >= 0.3 is 0 Å². The highest BCUT2D eigenvalue weighted by atomic mass is 16.5. The lowest BCUT2D eigenvalue weighted by Gasteiger charge is -2.35. The van der Waals surface area contributed by atoms with Crippen molar-refractivity contribution in [3.8, 4) is 0 Å². The Kier molecular flexibility index (Phi) is 5.03. The molecule has 1 aliphatic carbocycles. The second kappa shape index (κ2) is 7.41. The van der Waals surface area contributed by atoms with Gasteiger partial charge in [-0.05, 0) is 51.1 Å². The average molecular weight is 348 g/mol. The first-order chi connectivity index (χ1) is 12.2. The maximum absolute atomic E-state index is 11.6. The van der Waals surface area contributed by atoms with E-state index in [2.05, 4.69) is 15.0 Å². The number of likely N-dealkylation sites (tertiary alicyclic amines) is 1. The fraction of sp³-hybridized carbons (Fsp3) is 0.833. The smallest absolute Gasteiger partial charge is 0.240 e. The fourth-order valence-corrected chi connectivity index (χ4v) is 4.69. The van der Waals surface area contributed by atoms with Gasteiger partial charge in [-0.1, -0.05) is 18.0 Å². The molecular formula is C18H28N4O3. The summed E-state index contributed by atoms with van der Waals surface area (Å²) in [6, 6.07) is 0. The lowest BCUT2D eigenvalue weighted by molar-refractivity contribution is -0.124. The summed E-state index contributed by atoms with van der Waals surface area (Å²) in [5.74, 6) is 2.22. The van der Waals surface area contributed by atoms with Crippen molar-refractivity contribution in [2.24, 2.45) is 17.6 Å². The third-order valence-electron chi connectivity index (χ3n) is 6.16. The highest BCUT2D eigenvalue weighted by Crippen LogP contribution is 2.34. The Morgan fingerprint density at radius 3 is 2.64 bits per heavy atom. The summed E-state index contributed by atoms with van der Waals surface area (Å²) in [7, 11) is 0. The summed E-state index contributed by atoms with van der Waals surface area (Å²) in [6.07, 6.45) is 7.76. The summed E-state index contributed by atoms with van der Waals surface area (Å²) in [4.78, 5) is 18.5. The number of hydrogen-bond donors (Lipinski definition) is 1. The molecule has 0 bridgehead atoms. The van der Waals surface area contributed by atoms with Crippen LogP contribution in [0.3, 0.4) is 0 Å². The maximum atomic E-state index is 11.6. The van der Waals surface area contributed by atoms with Crippen LogP contribution in [-0.4, -0.2) is 46.7 Å². The van der Waals surface area contributed by atoms with Crippen molar-refractivity contribution >= 4 is 5.91 Å². The Hall–Kier alpha value is -1.47. The van der Waals surface area contributed by atoms with Gasteiger partial charge in [0.05, 0.1) is 18.6 Å². The van der Waals surface area contributed by atoms with Crippen molar-refractivity contribution in [1.29, 1.82) is 0 Å². The molecule has 3 aliphatic rings. The standard InChI is InChI=1S/C18H28N4O3/c19-17(23)14-7-10-24-16(14)12-5-8-22(9-6-12)11-15-20-18(21-25-15)13-3-1-2-4-13/h12-14,16H,1-11H2,(H2,19,23)/t14-,16+/m0/s1. The van der Waals surface area contributed by atoms with Crippen molar-refractivity contribution in [3.63, 3.8) is 0 Å². The van der Waals surface area contributed by atoms with Crippen LogP contribution in [0.2, 0.25) is 0 Å². The molecule has 0 aromatic carbocycles. The van der Waals surface area contributed by atoms with Crippen LogP contribution in [-0.2, 0) is 16.1 Å². The molecule has 2 aliphatic heterocycles. The van der Waals surface area contributed by atoms with Crippen molar-refractivity contribution in [3.05, 3.63) is 11.7 Å². The molecule has 3 heterocycles. The van der Waals surface area contributed by atoms with Gasteiger partial charge in [0.15, 0.2) is 5.82 Å². The Morgan fingerprint density at radius 2 is 1.92 bits per heavy atom. The van der Waals surface area contributed by atoms with Crippen LogP contribution in [0, 0.1) is 11.8 Å². The molecule has 1 aromatic heterocycles. The molecule has 2 N–H and O–H groups in total. The first-order valence-corrected chi connectivity index (χ1v) is 9.66. The Morgan fingerprint density at radius 1 is 1.16 bits per heavy atom. The molecule has 1 aromatic rings. The minimum absolute atomic E-state index is 0.0111. The summed E-state index contributed by atoms with van der Waals surface area (Å²) < 4.78 is 11.3. The third-order valence-corrected chi connectivity index (χ3v) is 6.16. The monoisotopic (exact) mass is 348 g/mol. The van der Waals surface area contributed by atoms with Crippen LogP contribution >= 0.6 is 0 Å². The molecule has 4 rings (SSSR count). The molecule has 138 valence electrons. The zero-order valence-corrected chi connectivity index (χ0v) is 14.7. The van der Waals surface area contributed by atoms with E-state index in [1.807, 2.05) is 0 Å². The van der Waals surface area contributed by atoms with E-state index >= 15 is 0 Å². The largest absolute Gasteiger partial charge is 0.377 e. The minimum Gasteiger partial charge on any atom is -0.377 e. The number of aromatic nitrogens is 2. The zero-order valence-electron chi connectivity index (χ0n) is 14.7. The number of nitrogens with two attached hydrogens (primary N) is 1. The molecular weight excluding hydrogens is 320 g/mol. The first-order valence-electron chi connectivity index (χ1n) is 9.66. The molecule has 2 saturated heterocycles. The Bertz CT molecular complexity index is 591. The molecule has 7 heteroatoms. The summed E-state index contributed by atoms with van der Waals surface area (Å²) in [5.41, 5.74) is 5.52. The van der Waals surface area contributed by atoms with Gasteiger partial charge in [0.25, 0.3) is 0 Å². The van der Waals surface area contributed by atoms with E-state index in [0.29, 0.717) is 18.4 Å². The van der Waals surface area contributed by atoms with Crippen LogP contribution in [0.5, 0.6) is 0 Å². The van der Waals surface area contributed by atoms with Gasteiger partial charge in [-0.25, -0.2) is 0 Å². The summed E-state index contributed by atoms with van der Waals surface area (Å²) in [6.45, 7) is 3.32. The molecule has 0 unspecified atom stereocenters. The molecule has 1 amide bonds. The van der Waals surface area contributed by atoms with Gasteiger partial charge in [0, 0.05) is 12.5 Å². The Labute approximate surface area is 148 Å². The molecule has 25 heavy (non-hydrogen) atoms. The molecule has 7 nitrogen and oxygen atoms in total. The first kappa shape index (κ1) is 17.0. The number of primary amides is 1. The van der Waals surface area contributed by atoms with E-state index in [0.717, 1.165) is 50.6 Å². The number of nitrogens with zero attached hydrogens (tertiary/aromatic N) is 3. The molecule has 0 radical (unpaired) electrons. The van der Waals surface area contributed by atoms with Gasteiger partial charge in [0.2, 0.25) is 11.8 Å². The van der Waals surface area contributed by atoms with Crippen molar-refractivity contribution < 1.29 is 14.1 Å². The quantitative estimate of drug-likeness (QED) is 0.872. The zero-order chi connectivity index (χ0) is 17.2. The number of rotatable bonds is 5. The number of carbonyl (C=O) groups is 1. The second-order valence-electron chi connectivity index (χ2n) is 7.77. The predicted octanol–water partition coefficient (Wildman–Crippen LogP) is 1.83. The topological polar surface area (TPSA) is 94.5 Å². The summed E-state index contributed by atoms with van der Waals surface area (Å²) in [5, 5.41) is 4.19. The number of piperidine rings is 1. The molecule has 0 spiro atoms. The van der Waals surface area contributed by atoms with E-state index in [-0.39, 0.29) is 17.9 Å². The van der Waals surface area contributed by atoms with Gasteiger partial charge in [-0.2, -0.15) is 4.98 Å². The summed E-state index contributed by atoms with van der Waals surface area (Å²) >= 11 is 0. The average Bonchev–Trinajstić information content (AvgIpc) is 3.36. The second-order valence-corrected chi connectivity index (χ2v) is 7.77. The highest BCUT2D eigenvalue weighted by Gasteiger charge is 2.39. The number of amides is 1. The van der Waals surface area contributed by atoms with Crippen LogP contribution in [0.1, 0.15) is 62.6 Å². The fourth-order valence-electron chi connectivity index (χ4n) is 4.69. The number of carbonyl (C=O) groups excluding carboxylic acids is 1. The van der Waals surface area contributed by atoms with Gasteiger partial charge in [-0.15, -0.1) is 0 Å². The Balaban J connectivity index is 1.28. The minimum atomic E-state index is -0.213. The predicted molar refractivity (Wildman–Crippen MR) is 90.5 cm³/mol. The van der Waals surface area contributed by atoms with E-state index in [1.54, 1.807) is 0 Å². The number of hydrogen-bond acceptors (Lipinski definition) is 6. The lowest BCUT2D eigenvalue weighted by Crippen LogP contribution is -2.41. The molecule has 2 atom stereocenters. The SMILES string of the molecule is NC(=O)[C@H]1CCO[C@@H]1C1CCN(Cc2nc(C3CCCC3)no2)CC1. The van der Waals surface area contributed by atoms with Crippen molar-refractivity contribution in [2.45, 2.75) is 63.5 Å². The van der Waals surface area contributed by atoms with Gasteiger partial charge in [0.1, 0.15) is 0 Å². The molecule has 1 saturated carbocycles. The molecule has 3 fully saturated rings. The maximum Gasteiger partial charge on any atom is 0.240 e. The van der Waals surface area contributed by atoms with Crippen LogP contribution < -0.4 is 5.73 Å². The van der Waals surface area contributed by atoms with E-state index in [9.17, 15) is 4.79 Å². The normalized spacial score (nSPS) is 29.4. The van der Waals surface area contributed by atoms with Crippen LogP contribution in [0.4, 0.5) is 0 Å². The van der Waals surface area contributed by atoms with Crippen LogP contribution in [0.25, 0.3) is 0 Å². The van der Waals surface area contributed by atoms with Crippen molar-refractivity contribution in [1.82, 2.24) is 15.0 Å². The van der Waals surface area contributed by atoms with E-state index < -0.39 is 0 Å². The third kappa shape index (κ3) is 3.72. The van der Waals surface area contributed by atoms with Crippen molar-refractivity contribution in [2.75, 3.05) is 19.7 Å². The number of ether oxygens (including phenoxy) is 1. The van der Waals surface area contributed by atoms with E-state index in [1.165, 1.54) is 25.7 Å². The van der Waals surface area contributed by atoms with Gasteiger partial charge in [-0.3, -0.25) is 9.69 Å². The lowest BCUT2D eigenvalue weighted by atomic mass is 9.84.